The van der Waals surface area contributed by atoms with Gasteiger partial charge < -0.3 is 20.5 Å². The third-order valence-electron chi connectivity index (χ3n) is 2.57. The zero-order valence-electron chi connectivity index (χ0n) is 11.9. The Bertz CT molecular complexity index is 433. The molecular weight excluding hydrogens is 244 g/mol. The number of anilines is 1. The van der Waals surface area contributed by atoms with Crippen LogP contribution in [-0.2, 0) is 4.79 Å². The molecule has 5 nitrogen and oxygen atoms in total. The topological polar surface area (TPSA) is 73.6 Å². The maximum absolute atomic E-state index is 11.8. The van der Waals surface area contributed by atoms with E-state index in [1.54, 1.807) is 32.2 Å². The molecule has 19 heavy (non-hydrogen) atoms. The van der Waals surface area contributed by atoms with Crippen LogP contribution in [0.1, 0.15) is 20.8 Å². The normalized spacial score (nSPS) is 12.1. The maximum atomic E-state index is 11.8. The fraction of sp³-hybridized carbons (Fsp3) is 0.500. The van der Waals surface area contributed by atoms with Crippen molar-refractivity contribution in [3.63, 3.8) is 0 Å². The number of hydrogen-bond acceptors (Lipinski definition) is 4. The Balaban J connectivity index is 2.58. The van der Waals surface area contributed by atoms with Crippen LogP contribution < -0.4 is 20.5 Å². The largest absolute Gasteiger partial charge is 0.495 e. The lowest BCUT2D eigenvalue weighted by Gasteiger charge is -2.16. The van der Waals surface area contributed by atoms with Crippen molar-refractivity contribution >= 4 is 11.6 Å². The first-order chi connectivity index (χ1) is 8.93. The molecule has 0 saturated carbocycles. The number of nitrogens with one attached hydrogen (secondary N) is 1. The van der Waals surface area contributed by atoms with Crippen LogP contribution in [-0.4, -0.2) is 25.7 Å². The van der Waals surface area contributed by atoms with Crippen molar-refractivity contribution in [1.29, 1.82) is 0 Å². The van der Waals surface area contributed by atoms with Gasteiger partial charge in [0.1, 0.15) is 11.5 Å². The van der Waals surface area contributed by atoms with E-state index in [0.29, 0.717) is 29.6 Å². The van der Waals surface area contributed by atoms with Gasteiger partial charge in [0.05, 0.1) is 12.8 Å². The maximum Gasteiger partial charge on any atom is 0.260 e. The van der Waals surface area contributed by atoms with E-state index in [-0.39, 0.29) is 5.91 Å². The summed E-state index contributed by atoms with van der Waals surface area (Å²) in [5, 5.41) is 2.82. The number of amides is 1. The van der Waals surface area contributed by atoms with Crippen LogP contribution in [0.5, 0.6) is 11.5 Å². The van der Waals surface area contributed by atoms with Crippen molar-refractivity contribution in [2.45, 2.75) is 26.9 Å². The number of hydrogen-bond donors (Lipinski definition) is 2. The number of carbonyl (C=O) groups excluding carboxylic acids is 1. The zero-order valence-corrected chi connectivity index (χ0v) is 11.9. The first kappa shape index (κ1) is 15.1. The molecular formula is C14H22N2O3. The van der Waals surface area contributed by atoms with E-state index >= 15 is 0 Å². The summed E-state index contributed by atoms with van der Waals surface area (Å²) in [5.74, 6) is 1.41. The molecule has 1 aromatic carbocycles. The molecule has 0 aliphatic carbocycles. The zero-order chi connectivity index (χ0) is 14.4. The highest BCUT2D eigenvalue weighted by atomic mass is 16.5. The number of benzene rings is 1. The van der Waals surface area contributed by atoms with E-state index in [1.165, 1.54) is 0 Å². The van der Waals surface area contributed by atoms with Gasteiger partial charge in [0.2, 0.25) is 0 Å². The van der Waals surface area contributed by atoms with E-state index in [4.69, 9.17) is 15.2 Å². The van der Waals surface area contributed by atoms with Crippen LogP contribution in [0, 0.1) is 5.92 Å². The molecule has 1 aromatic rings. The van der Waals surface area contributed by atoms with E-state index in [0.717, 1.165) is 0 Å². The molecule has 1 amide bonds. The second-order valence-electron chi connectivity index (χ2n) is 4.80. The highest BCUT2D eigenvalue weighted by Gasteiger charge is 2.15. The lowest BCUT2D eigenvalue weighted by molar-refractivity contribution is -0.127. The van der Waals surface area contributed by atoms with Crippen LogP contribution in [0.2, 0.25) is 0 Å². The minimum atomic E-state index is -0.563. The van der Waals surface area contributed by atoms with Crippen molar-refractivity contribution in [2.24, 2.45) is 5.92 Å². The SMILES string of the molecule is COc1ccc(OC(C)C(=O)NCC(C)C)cc1N. The molecule has 1 atom stereocenters. The number of methoxy groups -OCH3 is 1. The van der Waals surface area contributed by atoms with E-state index < -0.39 is 6.10 Å². The predicted molar refractivity (Wildman–Crippen MR) is 75.3 cm³/mol. The van der Waals surface area contributed by atoms with Gasteiger partial charge in [-0.15, -0.1) is 0 Å². The summed E-state index contributed by atoms with van der Waals surface area (Å²) in [6.07, 6.45) is -0.563. The minimum Gasteiger partial charge on any atom is -0.495 e. The molecule has 1 unspecified atom stereocenters. The molecule has 0 aliphatic rings. The number of nitrogens with two attached hydrogens (primary N) is 1. The average Bonchev–Trinajstić information content (AvgIpc) is 2.36. The van der Waals surface area contributed by atoms with Crippen molar-refractivity contribution < 1.29 is 14.3 Å². The molecule has 0 saturated heterocycles. The molecule has 106 valence electrons. The Labute approximate surface area is 114 Å². The molecule has 0 spiro atoms. The van der Waals surface area contributed by atoms with E-state index in [9.17, 15) is 4.79 Å². The lowest BCUT2D eigenvalue weighted by atomic mass is 10.2. The van der Waals surface area contributed by atoms with Gasteiger partial charge in [-0.3, -0.25) is 4.79 Å². The summed E-state index contributed by atoms with van der Waals surface area (Å²) >= 11 is 0. The van der Waals surface area contributed by atoms with Gasteiger partial charge in [0, 0.05) is 12.6 Å². The predicted octanol–water partition coefficient (Wildman–Crippen LogP) is 1.82. The number of ether oxygens (including phenoxy) is 2. The quantitative estimate of drug-likeness (QED) is 0.770. The van der Waals surface area contributed by atoms with Crippen LogP contribution in [0.4, 0.5) is 5.69 Å². The third-order valence-corrected chi connectivity index (χ3v) is 2.57. The molecule has 0 aliphatic heterocycles. The van der Waals surface area contributed by atoms with Gasteiger partial charge in [-0.2, -0.15) is 0 Å². The van der Waals surface area contributed by atoms with Crippen molar-refractivity contribution in [2.75, 3.05) is 19.4 Å². The van der Waals surface area contributed by atoms with Gasteiger partial charge in [-0.25, -0.2) is 0 Å². The standard InChI is InChI=1S/C14H22N2O3/c1-9(2)8-16-14(17)10(3)19-11-5-6-13(18-4)12(15)7-11/h5-7,9-10H,8,15H2,1-4H3,(H,16,17). The summed E-state index contributed by atoms with van der Waals surface area (Å²) in [6, 6.07) is 5.08. The molecule has 0 radical (unpaired) electrons. The number of rotatable bonds is 6. The fourth-order valence-electron chi connectivity index (χ4n) is 1.49. The second-order valence-corrected chi connectivity index (χ2v) is 4.80. The molecule has 0 bridgehead atoms. The van der Waals surface area contributed by atoms with Crippen molar-refractivity contribution in [3.05, 3.63) is 18.2 Å². The van der Waals surface area contributed by atoms with Gasteiger partial charge >= 0.3 is 0 Å². The fourth-order valence-corrected chi connectivity index (χ4v) is 1.49. The first-order valence-electron chi connectivity index (χ1n) is 6.32. The molecule has 0 heterocycles. The first-order valence-corrected chi connectivity index (χ1v) is 6.32. The Hall–Kier alpha value is -1.91. The molecule has 0 aromatic heterocycles. The number of nitrogen functional groups attached to an aromatic ring is 1. The van der Waals surface area contributed by atoms with Crippen molar-refractivity contribution in [1.82, 2.24) is 5.32 Å². The molecule has 5 heteroatoms. The van der Waals surface area contributed by atoms with Gasteiger partial charge in [0.25, 0.3) is 5.91 Å². The summed E-state index contributed by atoms with van der Waals surface area (Å²) in [7, 11) is 1.55. The summed E-state index contributed by atoms with van der Waals surface area (Å²) in [6.45, 7) is 6.42. The molecule has 0 fully saturated rings. The van der Waals surface area contributed by atoms with Crippen LogP contribution in [0.15, 0.2) is 18.2 Å². The summed E-state index contributed by atoms with van der Waals surface area (Å²) in [4.78, 5) is 11.8. The Morgan fingerprint density at radius 2 is 2.05 bits per heavy atom. The highest BCUT2D eigenvalue weighted by Crippen LogP contribution is 2.26. The highest BCUT2D eigenvalue weighted by molar-refractivity contribution is 5.80. The Morgan fingerprint density at radius 3 is 2.58 bits per heavy atom. The number of carbonyl (C=O) groups is 1. The smallest absolute Gasteiger partial charge is 0.260 e. The Kier molecular flexibility index (Phi) is 5.48. The third kappa shape index (κ3) is 4.69. The van der Waals surface area contributed by atoms with Gasteiger partial charge in [0.15, 0.2) is 6.10 Å². The van der Waals surface area contributed by atoms with Gasteiger partial charge in [-0.1, -0.05) is 13.8 Å². The van der Waals surface area contributed by atoms with Crippen LogP contribution in [0.3, 0.4) is 0 Å². The van der Waals surface area contributed by atoms with Crippen LogP contribution in [0.25, 0.3) is 0 Å². The van der Waals surface area contributed by atoms with Crippen molar-refractivity contribution in [3.8, 4) is 11.5 Å². The summed E-state index contributed by atoms with van der Waals surface area (Å²) in [5.41, 5.74) is 6.26. The monoisotopic (exact) mass is 266 g/mol. The molecule has 1 rings (SSSR count). The average molecular weight is 266 g/mol. The van der Waals surface area contributed by atoms with E-state index in [2.05, 4.69) is 5.32 Å². The van der Waals surface area contributed by atoms with Gasteiger partial charge in [-0.05, 0) is 25.0 Å². The minimum absolute atomic E-state index is 0.136. The molecule has 3 N–H and O–H groups in total. The second kappa shape index (κ2) is 6.87. The Morgan fingerprint density at radius 1 is 1.37 bits per heavy atom. The summed E-state index contributed by atoms with van der Waals surface area (Å²) < 4.78 is 10.6. The van der Waals surface area contributed by atoms with Crippen LogP contribution >= 0.6 is 0 Å². The lowest BCUT2D eigenvalue weighted by Crippen LogP contribution is -2.38. The van der Waals surface area contributed by atoms with E-state index in [1.807, 2.05) is 13.8 Å².